The van der Waals surface area contributed by atoms with Gasteiger partial charge in [0, 0.05) is 23.9 Å². The van der Waals surface area contributed by atoms with E-state index in [1.54, 1.807) is 30.3 Å². The van der Waals surface area contributed by atoms with Crippen molar-refractivity contribution in [2.45, 2.75) is 6.18 Å². The number of para-hydroxylation sites is 1. The molecule has 0 spiro atoms. The van der Waals surface area contributed by atoms with E-state index in [1.165, 1.54) is 12.1 Å². The summed E-state index contributed by atoms with van der Waals surface area (Å²) in [6.07, 6.45) is -3.68. The first-order valence-electron chi connectivity index (χ1n) is 6.83. The van der Waals surface area contributed by atoms with Crippen LogP contribution in [0.2, 0.25) is 0 Å². The maximum Gasteiger partial charge on any atom is 0.420 e. The molecular weight excluding hydrogens is 323 g/mol. The molecule has 3 aromatic rings. The van der Waals surface area contributed by atoms with E-state index in [9.17, 15) is 23.3 Å². The molecule has 0 aliphatic carbocycles. The minimum atomic E-state index is -4.59. The Bertz CT molecular complexity index is 872. The molecule has 5 nitrogen and oxygen atoms in total. The van der Waals surface area contributed by atoms with Crippen LogP contribution in [0.25, 0.3) is 16.9 Å². The van der Waals surface area contributed by atoms with Gasteiger partial charge in [-0.2, -0.15) is 18.3 Å². The molecule has 24 heavy (non-hydrogen) atoms. The predicted octanol–water partition coefficient (Wildman–Crippen LogP) is 4.47. The molecule has 0 bridgehead atoms. The lowest BCUT2D eigenvalue weighted by atomic mass is 10.1. The molecule has 0 atom stereocenters. The van der Waals surface area contributed by atoms with Gasteiger partial charge in [0.25, 0.3) is 5.69 Å². The topological polar surface area (TPSA) is 61.0 Å². The number of nitro groups is 1. The van der Waals surface area contributed by atoms with Gasteiger partial charge in [-0.3, -0.25) is 10.1 Å². The van der Waals surface area contributed by atoms with Crippen molar-refractivity contribution in [3.05, 3.63) is 76.5 Å². The number of nitro benzene ring substituents is 1. The number of hydrogen-bond acceptors (Lipinski definition) is 3. The summed E-state index contributed by atoms with van der Waals surface area (Å²) in [7, 11) is 0. The van der Waals surface area contributed by atoms with E-state index in [2.05, 4.69) is 5.10 Å². The van der Waals surface area contributed by atoms with Crippen LogP contribution in [-0.4, -0.2) is 14.7 Å². The van der Waals surface area contributed by atoms with Gasteiger partial charge in [0.05, 0.1) is 10.6 Å². The molecule has 0 aliphatic rings. The molecule has 2 aromatic carbocycles. The summed E-state index contributed by atoms with van der Waals surface area (Å²) in [4.78, 5) is 10.1. The molecule has 8 heteroatoms. The first kappa shape index (κ1) is 15.7. The number of rotatable bonds is 3. The van der Waals surface area contributed by atoms with Gasteiger partial charge in [-0.05, 0) is 24.3 Å². The summed E-state index contributed by atoms with van der Waals surface area (Å²) in [5.41, 5.74) is -0.741. The lowest BCUT2D eigenvalue weighted by Crippen LogP contribution is -2.05. The number of benzene rings is 2. The Balaban J connectivity index is 2.12. The van der Waals surface area contributed by atoms with Gasteiger partial charge in [0.2, 0.25) is 0 Å². The summed E-state index contributed by atoms with van der Waals surface area (Å²) in [5, 5.41) is 14.7. The van der Waals surface area contributed by atoms with Gasteiger partial charge in [-0.1, -0.05) is 18.2 Å². The Labute approximate surface area is 134 Å². The zero-order chi connectivity index (χ0) is 17.3. The van der Waals surface area contributed by atoms with Crippen LogP contribution in [0.5, 0.6) is 0 Å². The van der Waals surface area contributed by atoms with Crippen molar-refractivity contribution in [1.82, 2.24) is 9.78 Å². The monoisotopic (exact) mass is 333 g/mol. The van der Waals surface area contributed by atoms with Gasteiger partial charge >= 0.3 is 6.18 Å². The summed E-state index contributed by atoms with van der Waals surface area (Å²) in [6.45, 7) is 0. The molecular formula is C16H10F3N3O2. The standard InChI is InChI=1S/C16H10F3N3O2/c17-16(18,19)14-10-21(12-4-2-1-3-5-12)20-15(14)11-6-8-13(9-7-11)22(23)24/h1-10H. The largest absolute Gasteiger partial charge is 0.420 e. The summed E-state index contributed by atoms with van der Waals surface area (Å²) in [5.74, 6) is 0. The van der Waals surface area contributed by atoms with E-state index in [4.69, 9.17) is 0 Å². The highest BCUT2D eigenvalue weighted by atomic mass is 19.4. The Morgan fingerprint density at radius 1 is 1.00 bits per heavy atom. The van der Waals surface area contributed by atoms with E-state index >= 15 is 0 Å². The van der Waals surface area contributed by atoms with Crippen molar-refractivity contribution in [3.63, 3.8) is 0 Å². The normalized spacial score (nSPS) is 11.5. The number of alkyl halides is 3. The average Bonchev–Trinajstić information content (AvgIpc) is 3.01. The van der Waals surface area contributed by atoms with Crippen molar-refractivity contribution in [2.24, 2.45) is 0 Å². The number of non-ortho nitro benzene ring substituents is 1. The fourth-order valence-corrected chi connectivity index (χ4v) is 2.25. The smallest absolute Gasteiger partial charge is 0.258 e. The highest BCUT2D eigenvalue weighted by molar-refractivity contribution is 5.65. The lowest BCUT2D eigenvalue weighted by Gasteiger charge is -2.05. The second-order valence-corrected chi connectivity index (χ2v) is 4.97. The van der Waals surface area contributed by atoms with Gasteiger partial charge < -0.3 is 0 Å². The van der Waals surface area contributed by atoms with Crippen LogP contribution >= 0.6 is 0 Å². The molecule has 0 amide bonds. The first-order valence-corrected chi connectivity index (χ1v) is 6.83. The Morgan fingerprint density at radius 2 is 1.62 bits per heavy atom. The molecule has 0 saturated carbocycles. The van der Waals surface area contributed by atoms with E-state index in [0.717, 1.165) is 23.0 Å². The Hall–Kier alpha value is -3.16. The second-order valence-electron chi connectivity index (χ2n) is 4.97. The molecule has 0 fully saturated rings. The summed E-state index contributed by atoms with van der Waals surface area (Å²) < 4.78 is 41.1. The molecule has 0 aliphatic heterocycles. The number of nitrogens with zero attached hydrogens (tertiary/aromatic N) is 3. The molecule has 0 N–H and O–H groups in total. The van der Waals surface area contributed by atoms with E-state index in [-0.39, 0.29) is 16.9 Å². The fourth-order valence-electron chi connectivity index (χ4n) is 2.25. The van der Waals surface area contributed by atoms with Crippen LogP contribution in [0.1, 0.15) is 5.56 Å². The fraction of sp³-hybridized carbons (Fsp3) is 0.0625. The van der Waals surface area contributed by atoms with Crippen molar-refractivity contribution in [2.75, 3.05) is 0 Å². The third kappa shape index (κ3) is 2.98. The van der Waals surface area contributed by atoms with E-state index in [1.807, 2.05) is 0 Å². The molecule has 0 saturated heterocycles. The maximum atomic E-state index is 13.3. The van der Waals surface area contributed by atoms with Crippen LogP contribution < -0.4 is 0 Å². The zero-order valence-corrected chi connectivity index (χ0v) is 12.1. The van der Waals surface area contributed by atoms with Gasteiger partial charge in [-0.15, -0.1) is 0 Å². The van der Waals surface area contributed by atoms with Gasteiger partial charge in [-0.25, -0.2) is 4.68 Å². The van der Waals surface area contributed by atoms with Crippen LogP contribution in [-0.2, 0) is 6.18 Å². The highest BCUT2D eigenvalue weighted by Gasteiger charge is 2.36. The molecule has 1 heterocycles. The van der Waals surface area contributed by atoms with Crippen molar-refractivity contribution < 1.29 is 18.1 Å². The second kappa shape index (κ2) is 5.80. The van der Waals surface area contributed by atoms with Crippen molar-refractivity contribution >= 4 is 5.69 Å². The van der Waals surface area contributed by atoms with Gasteiger partial charge in [0.1, 0.15) is 11.3 Å². The highest BCUT2D eigenvalue weighted by Crippen LogP contribution is 2.37. The van der Waals surface area contributed by atoms with E-state index < -0.39 is 16.7 Å². The minimum Gasteiger partial charge on any atom is -0.258 e. The van der Waals surface area contributed by atoms with Crippen LogP contribution in [0.3, 0.4) is 0 Å². The Kier molecular flexibility index (Phi) is 3.80. The first-order chi connectivity index (χ1) is 11.4. The van der Waals surface area contributed by atoms with Crippen LogP contribution in [0.4, 0.5) is 18.9 Å². The third-order valence-electron chi connectivity index (χ3n) is 3.39. The summed E-state index contributed by atoms with van der Waals surface area (Å²) in [6, 6.07) is 13.2. The quantitative estimate of drug-likeness (QED) is 0.525. The molecule has 1 aromatic heterocycles. The van der Waals surface area contributed by atoms with Crippen molar-refractivity contribution in [3.8, 4) is 16.9 Å². The zero-order valence-electron chi connectivity index (χ0n) is 12.1. The van der Waals surface area contributed by atoms with Crippen molar-refractivity contribution in [1.29, 1.82) is 0 Å². The molecule has 122 valence electrons. The average molecular weight is 333 g/mol. The lowest BCUT2D eigenvalue weighted by molar-refractivity contribution is -0.384. The van der Waals surface area contributed by atoms with Gasteiger partial charge in [0.15, 0.2) is 0 Å². The van der Waals surface area contributed by atoms with E-state index in [0.29, 0.717) is 5.69 Å². The number of hydrogen-bond donors (Lipinski definition) is 0. The van der Waals surface area contributed by atoms with Crippen LogP contribution in [0, 0.1) is 10.1 Å². The SMILES string of the molecule is O=[N+]([O-])c1ccc(-c2nn(-c3ccccc3)cc2C(F)(F)F)cc1. The predicted molar refractivity (Wildman–Crippen MR) is 80.7 cm³/mol. The third-order valence-corrected chi connectivity index (χ3v) is 3.39. The number of aromatic nitrogens is 2. The van der Waals surface area contributed by atoms with Crippen LogP contribution in [0.15, 0.2) is 60.8 Å². The number of halogens is 3. The summed E-state index contributed by atoms with van der Waals surface area (Å²) >= 11 is 0. The molecule has 0 unspecified atom stereocenters. The molecule has 3 rings (SSSR count). The minimum absolute atomic E-state index is 0.155. The maximum absolute atomic E-state index is 13.3. The molecule has 0 radical (unpaired) electrons. The Morgan fingerprint density at radius 3 is 2.17 bits per heavy atom.